The molecule has 1 aromatic heterocycles. The van der Waals surface area contributed by atoms with Crippen molar-refractivity contribution in [2.75, 3.05) is 32.7 Å². The van der Waals surface area contributed by atoms with E-state index in [0.29, 0.717) is 31.0 Å². The van der Waals surface area contributed by atoms with Gasteiger partial charge >= 0.3 is 0 Å². The number of hydrogen-bond acceptors (Lipinski definition) is 5. The standard InChI is InChI=1S/C24H29N3O5S/c28-23(21-7-3-11-27(21)24(29)22-8-4-16-32-22)25-12-14-26(15-13-25)33(30,31)20-10-9-18-5-1-2-6-19(18)17-20/h4,8-10,16-17,21H,1-3,5-7,11-15H2/t21-/m0/s1. The van der Waals surface area contributed by atoms with Crippen LogP contribution in [0.2, 0.25) is 0 Å². The van der Waals surface area contributed by atoms with Crippen LogP contribution in [0.1, 0.15) is 47.4 Å². The fraction of sp³-hybridized carbons (Fsp3) is 0.500. The molecule has 176 valence electrons. The first kappa shape index (κ1) is 22.2. The number of rotatable bonds is 4. The molecule has 3 heterocycles. The van der Waals surface area contributed by atoms with Crippen LogP contribution in [0.15, 0.2) is 45.9 Å². The molecule has 2 aliphatic heterocycles. The van der Waals surface area contributed by atoms with E-state index in [1.165, 1.54) is 16.1 Å². The van der Waals surface area contributed by atoms with Crippen LogP contribution < -0.4 is 0 Å². The van der Waals surface area contributed by atoms with Crippen LogP contribution in [-0.4, -0.2) is 73.1 Å². The summed E-state index contributed by atoms with van der Waals surface area (Å²) in [6.07, 6.45) is 7.00. The number of likely N-dealkylation sites (tertiary alicyclic amines) is 1. The number of sulfonamides is 1. The molecule has 33 heavy (non-hydrogen) atoms. The Kier molecular flexibility index (Phi) is 6.01. The lowest BCUT2D eigenvalue weighted by Crippen LogP contribution is -2.55. The predicted molar refractivity (Wildman–Crippen MR) is 121 cm³/mol. The summed E-state index contributed by atoms with van der Waals surface area (Å²) in [7, 11) is -3.60. The minimum atomic E-state index is -3.60. The third-order valence-electron chi connectivity index (χ3n) is 7.04. The molecule has 2 aromatic rings. The zero-order valence-electron chi connectivity index (χ0n) is 18.6. The van der Waals surface area contributed by atoms with Crippen molar-refractivity contribution >= 4 is 21.8 Å². The molecule has 2 fully saturated rings. The van der Waals surface area contributed by atoms with Crippen LogP contribution in [-0.2, 0) is 27.7 Å². The van der Waals surface area contributed by atoms with E-state index < -0.39 is 16.1 Å². The highest BCUT2D eigenvalue weighted by Gasteiger charge is 2.39. The van der Waals surface area contributed by atoms with Gasteiger partial charge in [0.2, 0.25) is 15.9 Å². The van der Waals surface area contributed by atoms with E-state index >= 15 is 0 Å². The van der Waals surface area contributed by atoms with Crippen LogP contribution >= 0.6 is 0 Å². The van der Waals surface area contributed by atoms with Gasteiger partial charge in [0.1, 0.15) is 6.04 Å². The molecule has 8 nitrogen and oxygen atoms in total. The zero-order chi connectivity index (χ0) is 23.0. The second kappa shape index (κ2) is 8.95. The number of hydrogen-bond donors (Lipinski definition) is 0. The molecule has 1 aromatic carbocycles. The number of piperazine rings is 1. The number of carbonyl (C=O) groups excluding carboxylic acids is 2. The summed E-state index contributed by atoms with van der Waals surface area (Å²) < 4.78 is 33.2. The number of furan rings is 1. The summed E-state index contributed by atoms with van der Waals surface area (Å²) >= 11 is 0. The van der Waals surface area contributed by atoms with E-state index in [-0.39, 0.29) is 30.7 Å². The maximum atomic E-state index is 13.2. The number of benzene rings is 1. The maximum absolute atomic E-state index is 13.2. The Morgan fingerprint density at radius 1 is 0.909 bits per heavy atom. The first-order valence-electron chi connectivity index (χ1n) is 11.7. The molecule has 0 saturated carbocycles. The number of carbonyl (C=O) groups is 2. The van der Waals surface area contributed by atoms with Crippen molar-refractivity contribution in [2.45, 2.75) is 49.5 Å². The summed E-state index contributed by atoms with van der Waals surface area (Å²) in [6.45, 7) is 1.67. The van der Waals surface area contributed by atoms with Gasteiger partial charge in [-0.05, 0) is 73.9 Å². The highest BCUT2D eigenvalue weighted by Crippen LogP contribution is 2.27. The minimum Gasteiger partial charge on any atom is -0.459 e. The van der Waals surface area contributed by atoms with E-state index in [4.69, 9.17) is 4.42 Å². The van der Waals surface area contributed by atoms with Crippen LogP contribution in [0.5, 0.6) is 0 Å². The van der Waals surface area contributed by atoms with Crippen molar-refractivity contribution in [3.63, 3.8) is 0 Å². The summed E-state index contributed by atoms with van der Waals surface area (Å²) in [5, 5.41) is 0. The lowest BCUT2D eigenvalue weighted by molar-refractivity contribution is -0.136. The van der Waals surface area contributed by atoms with Gasteiger partial charge < -0.3 is 14.2 Å². The minimum absolute atomic E-state index is 0.113. The van der Waals surface area contributed by atoms with Gasteiger partial charge in [0, 0.05) is 32.7 Å². The van der Waals surface area contributed by atoms with Crippen molar-refractivity contribution in [1.82, 2.24) is 14.1 Å². The fourth-order valence-corrected chi connectivity index (χ4v) is 6.66. The Labute approximate surface area is 194 Å². The normalized spacial score (nSPS) is 21.8. The molecule has 2 amide bonds. The van der Waals surface area contributed by atoms with E-state index in [1.54, 1.807) is 28.0 Å². The maximum Gasteiger partial charge on any atom is 0.290 e. The topological polar surface area (TPSA) is 91.1 Å². The molecule has 0 spiro atoms. The third kappa shape index (κ3) is 4.19. The second-order valence-electron chi connectivity index (χ2n) is 9.00. The highest BCUT2D eigenvalue weighted by atomic mass is 32.2. The summed E-state index contributed by atoms with van der Waals surface area (Å²) in [4.78, 5) is 29.5. The summed E-state index contributed by atoms with van der Waals surface area (Å²) in [6, 6.07) is 8.23. The van der Waals surface area contributed by atoms with Crippen molar-refractivity contribution in [3.05, 3.63) is 53.5 Å². The Bertz CT molecular complexity index is 1140. The van der Waals surface area contributed by atoms with Crippen LogP contribution in [0.4, 0.5) is 0 Å². The molecule has 0 radical (unpaired) electrons. The summed E-state index contributed by atoms with van der Waals surface area (Å²) in [5.74, 6) is -0.154. The van der Waals surface area contributed by atoms with E-state index in [9.17, 15) is 18.0 Å². The molecule has 3 aliphatic rings. The Hall–Kier alpha value is -2.65. The molecule has 0 N–H and O–H groups in total. The van der Waals surface area contributed by atoms with Crippen LogP contribution in [0.3, 0.4) is 0 Å². The molecule has 9 heteroatoms. The van der Waals surface area contributed by atoms with Gasteiger partial charge in [-0.25, -0.2) is 8.42 Å². The predicted octanol–water partition coefficient (Wildman–Crippen LogP) is 2.30. The van der Waals surface area contributed by atoms with Crippen LogP contribution in [0, 0.1) is 0 Å². The molecular weight excluding hydrogens is 442 g/mol. The van der Waals surface area contributed by atoms with Gasteiger partial charge in [0.25, 0.3) is 5.91 Å². The molecular formula is C24H29N3O5S. The SMILES string of the molecule is O=C([C@@H]1CCCN1C(=O)c1ccco1)N1CCN(S(=O)(=O)c2ccc3c(c2)CCCC3)CC1. The fourth-order valence-electron chi connectivity index (χ4n) is 5.19. The molecule has 0 unspecified atom stereocenters. The third-order valence-corrected chi connectivity index (χ3v) is 8.93. The average Bonchev–Trinajstić information content (AvgIpc) is 3.55. The number of fused-ring (bicyclic) bond motifs is 1. The smallest absolute Gasteiger partial charge is 0.290 e. The lowest BCUT2D eigenvalue weighted by atomic mass is 9.92. The van der Waals surface area contributed by atoms with Crippen molar-refractivity contribution < 1.29 is 22.4 Å². The number of nitrogens with zero attached hydrogens (tertiary/aromatic N) is 3. The van der Waals surface area contributed by atoms with Gasteiger partial charge in [-0.15, -0.1) is 0 Å². The molecule has 1 atom stereocenters. The largest absolute Gasteiger partial charge is 0.459 e. The van der Waals surface area contributed by atoms with Crippen LogP contribution in [0.25, 0.3) is 0 Å². The van der Waals surface area contributed by atoms with E-state index in [2.05, 4.69) is 0 Å². The Balaban J connectivity index is 1.24. The van der Waals surface area contributed by atoms with Crippen molar-refractivity contribution in [2.24, 2.45) is 0 Å². The number of aryl methyl sites for hydroxylation is 2. The van der Waals surface area contributed by atoms with Gasteiger partial charge in [-0.1, -0.05) is 6.07 Å². The quantitative estimate of drug-likeness (QED) is 0.683. The Morgan fingerprint density at radius 2 is 1.67 bits per heavy atom. The molecule has 2 saturated heterocycles. The van der Waals surface area contributed by atoms with Gasteiger partial charge in [-0.2, -0.15) is 4.31 Å². The molecule has 0 bridgehead atoms. The molecule has 1 aliphatic carbocycles. The highest BCUT2D eigenvalue weighted by molar-refractivity contribution is 7.89. The monoisotopic (exact) mass is 471 g/mol. The van der Waals surface area contributed by atoms with Gasteiger partial charge in [-0.3, -0.25) is 9.59 Å². The van der Waals surface area contributed by atoms with E-state index in [1.807, 2.05) is 12.1 Å². The first-order chi connectivity index (χ1) is 15.9. The molecule has 5 rings (SSSR count). The lowest BCUT2D eigenvalue weighted by Gasteiger charge is -2.36. The zero-order valence-corrected chi connectivity index (χ0v) is 19.4. The Morgan fingerprint density at radius 3 is 2.39 bits per heavy atom. The van der Waals surface area contributed by atoms with Gasteiger partial charge in [0.05, 0.1) is 11.2 Å². The van der Waals surface area contributed by atoms with Crippen molar-refractivity contribution in [1.29, 1.82) is 0 Å². The summed E-state index contributed by atoms with van der Waals surface area (Å²) in [5.41, 5.74) is 2.39. The van der Waals surface area contributed by atoms with Crippen molar-refractivity contribution in [3.8, 4) is 0 Å². The second-order valence-corrected chi connectivity index (χ2v) is 10.9. The first-order valence-corrected chi connectivity index (χ1v) is 13.1. The van der Waals surface area contributed by atoms with Gasteiger partial charge in [0.15, 0.2) is 5.76 Å². The average molecular weight is 472 g/mol. The number of amides is 2. The van der Waals surface area contributed by atoms with E-state index in [0.717, 1.165) is 37.7 Å².